The maximum Gasteiger partial charge on any atom is 0.331 e. The number of carbonyl (C=O) groups is 1. The molecule has 0 unspecified atom stereocenters. The number of rotatable bonds is 0. The number of hydrogen-bond acceptors (Lipinski definition) is 3. The van der Waals surface area contributed by atoms with E-state index < -0.39 is 0 Å². The van der Waals surface area contributed by atoms with Crippen molar-refractivity contribution < 1.29 is 9.53 Å². The fourth-order valence-corrected chi connectivity index (χ4v) is 3.91. The first-order chi connectivity index (χ1) is 8.11. The molecule has 3 rings (SSSR count). The highest BCUT2D eigenvalue weighted by Crippen LogP contribution is 2.50. The molecule has 0 aromatic rings. The third kappa shape index (κ3) is 1.62. The highest BCUT2D eigenvalue weighted by Gasteiger charge is 2.49. The Labute approximate surface area is 103 Å². The summed E-state index contributed by atoms with van der Waals surface area (Å²) in [5.41, 5.74) is 1.40. The molecular formula is C14H21NO2. The summed E-state index contributed by atoms with van der Waals surface area (Å²) in [4.78, 5) is 16.3. The van der Waals surface area contributed by atoms with Gasteiger partial charge in [0.2, 0.25) is 0 Å². The van der Waals surface area contributed by atoms with Crippen molar-refractivity contribution in [3.05, 3.63) is 0 Å². The zero-order valence-electron chi connectivity index (χ0n) is 10.7. The average molecular weight is 235 g/mol. The van der Waals surface area contributed by atoms with Gasteiger partial charge in [-0.1, -0.05) is 19.8 Å². The second-order valence-electron chi connectivity index (χ2n) is 6.05. The smallest absolute Gasteiger partial charge is 0.331 e. The van der Waals surface area contributed by atoms with Gasteiger partial charge in [-0.25, -0.2) is 4.79 Å². The van der Waals surface area contributed by atoms with Gasteiger partial charge in [0.05, 0.1) is 5.71 Å². The number of nitrogens with zero attached hydrogens (tertiary/aromatic N) is 1. The van der Waals surface area contributed by atoms with Crippen molar-refractivity contribution in [2.45, 2.75) is 64.5 Å². The normalized spacial score (nSPS) is 45.4. The molecule has 0 saturated heterocycles. The van der Waals surface area contributed by atoms with E-state index in [1.54, 1.807) is 0 Å². The zero-order chi connectivity index (χ0) is 12.0. The van der Waals surface area contributed by atoms with Crippen LogP contribution in [0.2, 0.25) is 0 Å². The van der Waals surface area contributed by atoms with Crippen molar-refractivity contribution in [3.63, 3.8) is 0 Å². The van der Waals surface area contributed by atoms with Crippen molar-refractivity contribution in [1.29, 1.82) is 0 Å². The lowest BCUT2D eigenvalue weighted by molar-refractivity contribution is -0.150. The van der Waals surface area contributed by atoms with Crippen LogP contribution < -0.4 is 0 Å². The fraction of sp³-hybridized carbons (Fsp3) is 0.857. The summed E-state index contributed by atoms with van der Waals surface area (Å²) < 4.78 is 5.55. The summed E-state index contributed by atoms with van der Waals surface area (Å²) in [6, 6.07) is -0.293. The number of fused-ring (bicyclic) bond motifs is 3. The minimum absolute atomic E-state index is 0.0157. The van der Waals surface area contributed by atoms with Crippen LogP contribution in [0, 0.1) is 11.3 Å². The second kappa shape index (κ2) is 3.82. The predicted octanol–water partition coefficient (Wildman–Crippen LogP) is 2.73. The van der Waals surface area contributed by atoms with Gasteiger partial charge >= 0.3 is 5.97 Å². The first kappa shape index (κ1) is 11.2. The van der Waals surface area contributed by atoms with Crippen LogP contribution in [0.4, 0.5) is 0 Å². The number of esters is 1. The first-order valence-electron chi connectivity index (χ1n) is 6.90. The van der Waals surface area contributed by atoms with Gasteiger partial charge in [-0.05, 0) is 38.5 Å². The molecule has 4 atom stereocenters. The van der Waals surface area contributed by atoms with Crippen molar-refractivity contribution in [3.8, 4) is 0 Å². The average Bonchev–Trinajstić information content (AvgIpc) is 2.31. The molecule has 3 aliphatic rings. The number of ether oxygens (including phenoxy) is 1. The van der Waals surface area contributed by atoms with Gasteiger partial charge in [-0.15, -0.1) is 0 Å². The Morgan fingerprint density at radius 2 is 2.12 bits per heavy atom. The van der Waals surface area contributed by atoms with Crippen LogP contribution in [0.3, 0.4) is 0 Å². The van der Waals surface area contributed by atoms with E-state index in [0.717, 1.165) is 12.3 Å². The van der Waals surface area contributed by atoms with Crippen LogP contribution in [0.15, 0.2) is 4.99 Å². The lowest BCUT2D eigenvalue weighted by atomic mass is 9.58. The molecule has 2 fully saturated rings. The molecule has 0 spiro atoms. The van der Waals surface area contributed by atoms with Crippen molar-refractivity contribution >= 4 is 11.7 Å². The van der Waals surface area contributed by atoms with Gasteiger partial charge in [0.1, 0.15) is 12.1 Å². The minimum Gasteiger partial charge on any atom is -0.455 e. The monoisotopic (exact) mass is 235 g/mol. The highest BCUT2D eigenvalue weighted by molar-refractivity contribution is 6.00. The Kier molecular flexibility index (Phi) is 2.53. The molecule has 1 heterocycles. The van der Waals surface area contributed by atoms with Crippen LogP contribution >= 0.6 is 0 Å². The van der Waals surface area contributed by atoms with Crippen LogP contribution in [0.25, 0.3) is 0 Å². The van der Waals surface area contributed by atoms with Crippen LogP contribution in [0.1, 0.15) is 52.4 Å². The maximum atomic E-state index is 11.6. The summed E-state index contributed by atoms with van der Waals surface area (Å²) in [6.07, 6.45) is 7.36. The Hall–Kier alpha value is -0.860. The summed E-state index contributed by atoms with van der Waals surface area (Å²) >= 11 is 0. The van der Waals surface area contributed by atoms with E-state index in [1.165, 1.54) is 37.8 Å². The van der Waals surface area contributed by atoms with Gasteiger partial charge in [0, 0.05) is 5.41 Å². The van der Waals surface area contributed by atoms with E-state index in [1.807, 2.05) is 6.92 Å². The minimum atomic E-state index is -0.293. The molecule has 0 N–H and O–H groups in total. The lowest BCUT2D eigenvalue weighted by Crippen LogP contribution is -2.53. The molecule has 1 aliphatic heterocycles. The summed E-state index contributed by atoms with van der Waals surface area (Å²) in [6.45, 7) is 4.19. The van der Waals surface area contributed by atoms with Crippen molar-refractivity contribution in [2.24, 2.45) is 16.3 Å². The van der Waals surface area contributed by atoms with E-state index in [0.29, 0.717) is 0 Å². The molecule has 2 saturated carbocycles. The molecule has 3 nitrogen and oxygen atoms in total. The molecule has 0 aromatic heterocycles. The number of carbonyl (C=O) groups excluding carboxylic acids is 1. The van der Waals surface area contributed by atoms with E-state index in [-0.39, 0.29) is 23.5 Å². The topological polar surface area (TPSA) is 38.7 Å². The van der Waals surface area contributed by atoms with Gasteiger partial charge < -0.3 is 4.74 Å². The van der Waals surface area contributed by atoms with Crippen molar-refractivity contribution in [1.82, 2.24) is 0 Å². The first-order valence-corrected chi connectivity index (χ1v) is 6.90. The molecule has 0 bridgehead atoms. The van der Waals surface area contributed by atoms with E-state index >= 15 is 0 Å². The standard InChI is InChI=1S/C14H21NO2/c1-9-13(16)17-11-7-6-10-5-3-4-8-14(10,2)12(11)15-9/h9-11H,3-8H2,1-2H3/t9-,10+,11+,14-/m1/s1. The Morgan fingerprint density at radius 1 is 1.29 bits per heavy atom. The van der Waals surface area contributed by atoms with Crippen LogP contribution in [0.5, 0.6) is 0 Å². The van der Waals surface area contributed by atoms with E-state index in [9.17, 15) is 4.79 Å². The molecule has 3 heteroatoms. The predicted molar refractivity (Wildman–Crippen MR) is 66.1 cm³/mol. The molecule has 94 valence electrons. The molecule has 2 aliphatic carbocycles. The van der Waals surface area contributed by atoms with Gasteiger partial charge in [-0.2, -0.15) is 0 Å². The fourth-order valence-electron chi connectivity index (χ4n) is 3.91. The Bertz CT molecular complexity index is 376. The highest BCUT2D eigenvalue weighted by atomic mass is 16.5. The second-order valence-corrected chi connectivity index (χ2v) is 6.05. The van der Waals surface area contributed by atoms with Crippen LogP contribution in [-0.4, -0.2) is 23.8 Å². The summed E-state index contributed by atoms with van der Waals surface area (Å²) in [5, 5.41) is 0. The number of hydrogen-bond donors (Lipinski definition) is 0. The lowest BCUT2D eigenvalue weighted by Gasteiger charge is -2.49. The summed E-state index contributed by atoms with van der Waals surface area (Å²) in [5.74, 6) is 0.617. The third-order valence-corrected chi connectivity index (χ3v) is 5.00. The molecule has 0 aromatic carbocycles. The molecule has 0 radical (unpaired) electrons. The zero-order valence-corrected chi connectivity index (χ0v) is 10.7. The molecule has 0 amide bonds. The largest absolute Gasteiger partial charge is 0.455 e. The maximum absolute atomic E-state index is 11.6. The van der Waals surface area contributed by atoms with Crippen LogP contribution in [-0.2, 0) is 9.53 Å². The SMILES string of the molecule is C[C@H]1N=C2[C@H](CC[C@@H]3CCCC[C@@]23C)OC1=O. The Morgan fingerprint density at radius 3 is 2.94 bits per heavy atom. The van der Waals surface area contributed by atoms with E-state index in [4.69, 9.17) is 4.74 Å². The molecular weight excluding hydrogens is 214 g/mol. The molecule has 17 heavy (non-hydrogen) atoms. The van der Waals surface area contributed by atoms with Gasteiger partial charge in [0.15, 0.2) is 0 Å². The van der Waals surface area contributed by atoms with Gasteiger partial charge in [0.25, 0.3) is 0 Å². The number of aliphatic imine (C=N–C) groups is 1. The quantitative estimate of drug-likeness (QED) is 0.605. The Balaban J connectivity index is 1.97. The van der Waals surface area contributed by atoms with Crippen molar-refractivity contribution in [2.75, 3.05) is 0 Å². The third-order valence-electron chi connectivity index (χ3n) is 5.00. The van der Waals surface area contributed by atoms with E-state index in [2.05, 4.69) is 11.9 Å². The van der Waals surface area contributed by atoms with Gasteiger partial charge in [-0.3, -0.25) is 4.99 Å². The summed E-state index contributed by atoms with van der Waals surface area (Å²) in [7, 11) is 0.